The number of rotatable bonds is 4. The minimum absolute atomic E-state index is 0.0201. The number of H-pyrrole nitrogens is 1. The number of hydrogen-bond acceptors (Lipinski definition) is 6. The maximum absolute atomic E-state index is 11.7. The van der Waals surface area contributed by atoms with Crippen molar-refractivity contribution >= 4 is 10.0 Å². The summed E-state index contributed by atoms with van der Waals surface area (Å²) in [6.45, 7) is -0.0201. The molecule has 2 N–H and O–H groups in total. The molecular formula is C7H8N6O2S. The molecule has 0 bridgehead atoms. The third kappa shape index (κ3) is 2.38. The molecule has 0 aliphatic rings. The zero-order chi connectivity index (χ0) is 11.4. The second-order valence-electron chi connectivity index (χ2n) is 2.84. The van der Waals surface area contributed by atoms with Crippen LogP contribution >= 0.6 is 0 Å². The number of aromatic amines is 1. The van der Waals surface area contributed by atoms with Gasteiger partial charge in [0.05, 0.1) is 6.54 Å². The second kappa shape index (κ2) is 4.33. The highest BCUT2D eigenvalue weighted by atomic mass is 32.2. The van der Waals surface area contributed by atoms with Gasteiger partial charge in [0.1, 0.15) is 4.90 Å². The van der Waals surface area contributed by atoms with Crippen LogP contribution in [0.4, 0.5) is 0 Å². The van der Waals surface area contributed by atoms with Gasteiger partial charge in [-0.1, -0.05) is 5.21 Å². The van der Waals surface area contributed by atoms with E-state index in [1.807, 2.05) is 0 Å². The smallest absolute Gasteiger partial charge is 0.242 e. The van der Waals surface area contributed by atoms with E-state index in [1.54, 1.807) is 6.07 Å². The van der Waals surface area contributed by atoms with E-state index in [2.05, 4.69) is 30.3 Å². The Balaban J connectivity index is 2.10. The van der Waals surface area contributed by atoms with Crippen molar-refractivity contribution in [2.45, 2.75) is 11.4 Å². The molecule has 2 rings (SSSR count). The van der Waals surface area contributed by atoms with E-state index in [-0.39, 0.29) is 17.3 Å². The number of sulfonamides is 1. The largest absolute Gasteiger partial charge is 0.263 e. The van der Waals surface area contributed by atoms with Gasteiger partial charge in [-0.3, -0.25) is 4.98 Å². The summed E-state index contributed by atoms with van der Waals surface area (Å²) < 4.78 is 25.7. The van der Waals surface area contributed by atoms with Crippen LogP contribution < -0.4 is 4.72 Å². The monoisotopic (exact) mass is 240 g/mol. The number of tetrazole rings is 1. The zero-order valence-corrected chi connectivity index (χ0v) is 8.85. The van der Waals surface area contributed by atoms with Crippen LogP contribution in [0.2, 0.25) is 0 Å². The lowest BCUT2D eigenvalue weighted by Gasteiger charge is -2.03. The van der Waals surface area contributed by atoms with E-state index in [1.165, 1.54) is 18.5 Å². The first-order valence-electron chi connectivity index (χ1n) is 4.30. The molecule has 16 heavy (non-hydrogen) atoms. The summed E-state index contributed by atoms with van der Waals surface area (Å²) in [7, 11) is -3.57. The highest BCUT2D eigenvalue weighted by molar-refractivity contribution is 7.89. The molecule has 0 unspecified atom stereocenters. The number of nitrogens with zero attached hydrogens (tertiary/aromatic N) is 4. The molecule has 0 saturated carbocycles. The first-order chi connectivity index (χ1) is 7.68. The highest BCUT2D eigenvalue weighted by Gasteiger charge is 2.14. The molecule has 0 spiro atoms. The first kappa shape index (κ1) is 10.6. The van der Waals surface area contributed by atoms with Crippen LogP contribution in [0.1, 0.15) is 5.82 Å². The third-order valence-corrected chi connectivity index (χ3v) is 3.14. The molecule has 0 radical (unpaired) electrons. The average molecular weight is 240 g/mol. The van der Waals surface area contributed by atoms with Gasteiger partial charge in [-0.2, -0.15) is 5.21 Å². The normalized spacial score (nSPS) is 11.5. The van der Waals surface area contributed by atoms with Crippen molar-refractivity contribution in [3.8, 4) is 0 Å². The van der Waals surface area contributed by atoms with Crippen LogP contribution in [-0.2, 0) is 16.6 Å². The second-order valence-corrected chi connectivity index (χ2v) is 4.61. The van der Waals surface area contributed by atoms with E-state index >= 15 is 0 Å². The molecule has 8 nitrogen and oxygen atoms in total. The topological polar surface area (TPSA) is 114 Å². The Morgan fingerprint density at radius 2 is 2.31 bits per heavy atom. The summed E-state index contributed by atoms with van der Waals surface area (Å²) >= 11 is 0. The standard InChI is InChI=1S/C7H8N6O2S/c14-16(15,6-2-1-3-8-4-6)9-5-7-10-12-13-11-7/h1-4,9H,5H2,(H,10,11,12,13). The lowest BCUT2D eigenvalue weighted by molar-refractivity contribution is 0.579. The van der Waals surface area contributed by atoms with Gasteiger partial charge >= 0.3 is 0 Å². The van der Waals surface area contributed by atoms with E-state index in [0.29, 0.717) is 0 Å². The molecule has 84 valence electrons. The predicted molar refractivity (Wildman–Crippen MR) is 52.4 cm³/mol. The maximum Gasteiger partial charge on any atom is 0.242 e. The van der Waals surface area contributed by atoms with Gasteiger partial charge in [0.25, 0.3) is 0 Å². The van der Waals surface area contributed by atoms with Crippen LogP contribution in [0.3, 0.4) is 0 Å². The van der Waals surface area contributed by atoms with Crippen LogP contribution in [0.15, 0.2) is 29.4 Å². The van der Waals surface area contributed by atoms with Crippen LogP contribution in [0.5, 0.6) is 0 Å². The molecule has 2 aromatic rings. The Morgan fingerprint density at radius 3 is 2.94 bits per heavy atom. The predicted octanol–water partition coefficient (Wildman–Crippen LogP) is -0.927. The fourth-order valence-corrected chi connectivity index (χ4v) is 1.95. The number of hydrogen-bond donors (Lipinski definition) is 2. The van der Waals surface area contributed by atoms with Gasteiger partial charge in [0.15, 0.2) is 5.82 Å². The van der Waals surface area contributed by atoms with E-state index < -0.39 is 10.0 Å². The van der Waals surface area contributed by atoms with Gasteiger partial charge in [0, 0.05) is 12.4 Å². The summed E-state index contributed by atoms with van der Waals surface area (Å²) in [5.41, 5.74) is 0. The van der Waals surface area contributed by atoms with Crippen molar-refractivity contribution < 1.29 is 8.42 Å². The van der Waals surface area contributed by atoms with E-state index in [9.17, 15) is 8.42 Å². The fraction of sp³-hybridized carbons (Fsp3) is 0.143. The van der Waals surface area contributed by atoms with Crippen molar-refractivity contribution in [2.24, 2.45) is 0 Å². The van der Waals surface area contributed by atoms with Gasteiger partial charge in [-0.25, -0.2) is 13.1 Å². The lowest BCUT2D eigenvalue weighted by atomic mass is 10.5. The Hall–Kier alpha value is -1.87. The van der Waals surface area contributed by atoms with Gasteiger partial charge < -0.3 is 0 Å². The Morgan fingerprint density at radius 1 is 1.44 bits per heavy atom. The Kier molecular flexibility index (Phi) is 2.88. The van der Waals surface area contributed by atoms with Gasteiger partial charge in [-0.15, -0.1) is 10.2 Å². The van der Waals surface area contributed by atoms with Crippen molar-refractivity contribution in [2.75, 3.05) is 0 Å². The third-order valence-electron chi connectivity index (χ3n) is 1.75. The molecule has 0 aliphatic heterocycles. The van der Waals surface area contributed by atoms with Crippen molar-refractivity contribution in [3.63, 3.8) is 0 Å². The average Bonchev–Trinajstić information content (AvgIpc) is 2.81. The van der Waals surface area contributed by atoms with Crippen molar-refractivity contribution in [1.82, 2.24) is 30.3 Å². The van der Waals surface area contributed by atoms with E-state index in [0.717, 1.165) is 0 Å². The van der Waals surface area contributed by atoms with Crippen LogP contribution in [0, 0.1) is 0 Å². The molecular weight excluding hydrogens is 232 g/mol. The summed E-state index contributed by atoms with van der Waals surface area (Å²) in [6, 6.07) is 2.99. The molecule has 0 aromatic carbocycles. The molecule has 0 saturated heterocycles. The Bertz CT molecular complexity index is 538. The molecule has 2 aromatic heterocycles. The zero-order valence-electron chi connectivity index (χ0n) is 8.03. The van der Waals surface area contributed by atoms with Gasteiger partial charge in [-0.05, 0) is 12.1 Å². The minimum atomic E-state index is -3.57. The van der Waals surface area contributed by atoms with Crippen LogP contribution in [0.25, 0.3) is 0 Å². The van der Waals surface area contributed by atoms with Crippen LogP contribution in [-0.4, -0.2) is 34.0 Å². The fourth-order valence-electron chi connectivity index (χ4n) is 1.01. The summed E-state index contributed by atoms with van der Waals surface area (Å²) in [5.74, 6) is 0.271. The molecule has 0 atom stereocenters. The number of nitrogens with one attached hydrogen (secondary N) is 2. The summed E-state index contributed by atoms with van der Waals surface area (Å²) in [5, 5.41) is 12.8. The maximum atomic E-state index is 11.7. The SMILES string of the molecule is O=S(=O)(NCc1nn[nH]n1)c1cccnc1. The quantitative estimate of drug-likeness (QED) is 0.714. The molecule has 0 aliphatic carbocycles. The summed E-state index contributed by atoms with van der Waals surface area (Å²) in [6.07, 6.45) is 2.76. The molecule has 9 heteroatoms. The first-order valence-corrected chi connectivity index (χ1v) is 5.79. The number of pyridine rings is 1. The highest BCUT2D eigenvalue weighted by Crippen LogP contribution is 2.05. The molecule has 0 fully saturated rings. The van der Waals surface area contributed by atoms with Crippen molar-refractivity contribution in [1.29, 1.82) is 0 Å². The summed E-state index contributed by atoms with van der Waals surface area (Å²) in [4.78, 5) is 3.82. The minimum Gasteiger partial charge on any atom is -0.263 e. The van der Waals surface area contributed by atoms with E-state index in [4.69, 9.17) is 0 Å². The Labute approximate surface area is 91.2 Å². The van der Waals surface area contributed by atoms with Crippen molar-refractivity contribution in [3.05, 3.63) is 30.4 Å². The van der Waals surface area contributed by atoms with Gasteiger partial charge in [0.2, 0.25) is 10.0 Å². The number of aromatic nitrogens is 5. The molecule has 2 heterocycles. The lowest BCUT2D eigenvalue weighted by Crippen LogP contribution is -2.23. The molecule has 0 amide bonds.